The number of amides is 1. The maximum Gasteiger partial charge on any atom is 0.305 e. The van der Waals surface area contributed by atoms with E-state index in [0.29, 0.717) is 0 Å². The van der Waals surface area contributed by atoms with Crippen molar-refractivity contribution in [3.8, 4) is 0 Å². The minimum atomic E-state index is -0.887. The van der Waals surface area contributed by atoms with E-state index in [0.717, 1.165) is 30.6 Å². The Labute approximate surface area is 116 Å². The molecule has 0 unspecified atom stereocenters. The minimum absolute atomic E-state index is 0.0133. The second kappa shape index (κ2) is 6.70. The normalized spacial score (nSPS) is 17.9. The van der Waals surface area contributed by atoms with Gasteiger partial charge >= 0.3 is 5.97 Å². The van der Waals surface area contributed by atoms with Crippen molar-refractivity contribution >= 4 is 23.2 Å². The Hall–Kier alpha value is -1.36. The highest BCUT2D eigenvalue weighted by molar-refractivity contribution is 7.10. The van der Waals surface area contributed by atoms with E-state index >= 15 is 0 Å². The Morgan fingerprint density at radius 1 is 1.37 bits per heavy atom. The van der Waals surface area contributed by atoms with Crippen molar-refractivity contribution in [3.05, 3.63) is 22.4 Å². The molecular weight excluding hydrogens is 262 g/mol. The highest BCUT2D eigenvalue weighted by Crippen LogP contribution is 2.27. The monoisotopic (exact) mass is 281 g/mol. The van der Waals surface area contributed by atoms with Gasteiger partial charge in [-0.05, 0) is 24.3 Å². The lowest BCUT2D eigenvalue weighted by Gasteiger charge is -2.23. The summed E-state index contributed by atoms with van der Waals surface area (Å²) in [6.07, 6.45) is 5.19. The summed E-state index contributed by atoms with van der Waals surface area (Å²) >= 11 is 1.48. The van der Waals surface area contributed by atoms with Gasteiger partial charge in [0.25, 0.3) is 0 Å². The highest BCUT2D eigenvalue weighted by Gasteiger charge is 2.25. The SMILES string of the molecule is O=C(O)C[C@@H](NC(=O)C1CCCCC1)c1cccs1. The second-order valence-corrected chi connectivity index (χ2v) is 5.99. The lowest BCUT2D eigenvalue weighted by Crippen LogP contribution is -2.35. The third-order valence-electron chi connectivity index (χ3n) is 3.56. The Balaban J connectivity index is 1.99. The molecule has 1 aliphatic rings. The van der Waals surface area contributed by atoms with Gasteiger partial charge in [-0.25, -0.2) is 0 Å². The van der Waals surface area contributed by atoms with Crippen LogP contribution < -0.4 is 5.32 Å². The van der Waals surface area contributed by atoms with Crippen LogP contribution in [0.4, 0.5) is 0 Å². The van der Waals surface area contributed by atoms with Gasteiger partial charge in [0.2, 0.25) is 5.91 Å². The molecular formula is C14H19NO3S. The maximum absolute atomic E-state index is 12.2. The zero-order chi connectivity index (χ0) is 13.7. The van der Waals surface area contributed by atoms with Crippen molar-refractivity contribution < 1.29 is 14.7 Å². The van der Waals surface area contributed by atoms with Gasteiger partial charge in [-0.1, -0.05) is 25.3 Å². The van der Waals surface area contributed by atoms with E-state index in [1.807, 2.05) is 17.5 Å². The van der Waals surface area contributed by atoms with Crippen LogP contribution in [0, 0.1) is 5.92 Å². The average Bonchev–Trinajstić information content (AvgIpc) is 2.92. The Morgan fingerprint density at radius 3 is 2.68 bits per heavy atom. The molecule has 4 nitrogen and oxygen atoms in total. The Bertz CT molecular complexity index is 424. The molecule has 2 rings (SSSR count). The van der Waals surface area contributed by atoms with Crippen molar-refractivity contribution in [3.63, 3.8) is 0 Å². The van der Waals surface area contributed by atoms with Crippen LogP contribution in [0.5, 0.6) is 0 Å². The van der Waals surface area contributed by atoms with E-state index in [2.05, 4.69) is 5.32 Å². The summed E-state index contributed by atoms with van der Waals surface area (Å²) in [5.74, 6) is -0.813. The number of hydrogen-bond donors (Lipinski definition) is 2. The average molecular weight is 281 g/mol. The third kappa shape index (κ3) is 4.06. The fourth-order valence-electron chi connectivity index (χ4n) is 2.54. The van der Waals surface area contributed by atoms with Gasteiger partial charge in [0.15, 0.2) is 0 Å². The summed E-state index contributed by atoms with van der Waals surface area (Å²) in [7, 11) is 0. The molecule has 1 amide bonds. The lowest BCUT2D eigenvalue weighted by molar-refractivity contribution is -0.138. The first-order valence-electron chi connectivity index (χ1n) is 6.72. The number of thiophene rings is 1. The van der Waals surface area contributed by atoms with Crippen LogP contribution >= 0.6 is 11.3 Å². The number of carbonyl (C=O) groups excluding carboxylic acids is 1. The number of carboxylic acid groups (broad SMARTS) is 1. The van der Waals surface area contributed by atoms with Gasteiger partial charge in [0.05, 0.1) is 12.5 Å². The van der Waals surface area contributed by atoms with E-state index in [9.17, 15) is 9.59 Å². The van der Waals surface area contributed by atoms with Gasteiger partial charge in [0.1, 0.15) is 0 Å². The second-order valence-electron chi connectivity index (χ2n) is 5.01. The molecule has 1 heterocycles. The first-order chi connectivity index (χ1) is 9.16. The number of carboxylic acids is 1. The summed E-state index contributed by atoms with van der Waals surface area (Å²) in [4.78, 5) is 24.0. The lowest BCUT2D eigenvalue weighted by atomic mass is 9.88. The topological polar surface area (TPSA) is 66.4 Å². The molecule has 2 N–H and O–H groups in total. The molecule has 1 aliphatic carbocycles. The smallest absolute Gasteiger partial charge is 0.305 e. The van der Waals surface area contributed by atoms with Crippen molar-refractivity contribution in [2.45, 2.75) is 44.6 Å². The summed E-state index contributed by atoms with van der Waals surface area (Å²) in [5.41, 5.74) is 0. The number of aliphatic carboxylic acids is 1. The van der Waals surface area contributed by atoms with Gasteiger partial charge in [-0.15, -0.1) is 11.3 Å². The van der Waals surface area contributed by atoms with E-state index in [1.54, 1.807) is 0 Å². The Morgan fingerprint density at radius 2 is 2.11 bits per heavy atom. The molecule has 0 spiro atoms. The van der Waals surface area contributed by atoms with Crippen LogP contribution in [0.25, 0.3) is 0 Å². The van der Waals surface area contributed by atoms with E-state index in [1.165, 1.54) is 17.8 Å². The molecule has 1 fully saturated rings. The molecule has 1 aromatic heterocycles. The van der Waals surface area contributed by atoms with Crippen LogP contribution in [0.2, 0.25) is 0 Å². The third-order valence-corrected chi connectivity index (χ3v) is 4.54. The molecule has 0 bridgehead atoms. The molecule has 0 saturated heterocycles. The van der Waals surface area contributed by atoms with Gasteiger partial charge in [-0.2, -0.15) is 0 Å². The van der Waals surface area contributed by atoms with Crippen LogP contribution in [-0.2, 0) is 9.59 Å². The van der Waals surface area contributed by atoms with E-state index < -0.39 is 12.0 Å². The Kier molecular flexibility index (Phi) is 4.96. The number of rotatable bonds is 5. The highest BCUT2D eigenvalue weighted by atomic mass is 32.1. The van der Waals surface area contributed by atoms with E-state index in [-0.39, 0.29) is 18.2 Å². The fraction of sp³-hybridized carbons (Fsp3) is 0.571. The summed E-state index contributed by atoms with van der Waals surface area (Å²) in [5, 5.41) is 13.8. The fourth-order valence-corrected chi connectivity index (χ4v) is 3.32. The quantitative estimate of drug-likeness (QED) is 0.872. The molecule has 1 aromatic rings. The minimum Gasteiger partial charge on any atom is -0.481 e. The molecule has 5 heteroatoms. The summed E-state index contributed by atoms with van der Waals surface area (Å²) in [6.45, 7) is 0. The van der Waals surface area contributed by atoms with Crippen LogP contribution in [-0.4, -0.2) is 17.0 Å². The van der Waals surface area contributed by atoms with E-state index in [4.69, 9.17) is 5.11 Å². The maximum atomic E-state index is 12.2. The molecule has 1 saturated carbocycles. The first-order valence-corrected chi connectivity index (χ1v) is 7.60. The van der Waals surface area contributed by atoms with Crippen LogP contribution in [0.1, 0.15) is 49.4 Å². The number of nitrogens with one attached hydrogen (secondary N) is 1. The molecule has 0 radical (unpaired) electrons. The zero-order valence-corrected chi connectivity index (χ0v) is 11.6. The summed E-state index contributed by atoms with van der Waals surface area (Å²) < 4.78 is 0. The predicted molar refractivity (Wildman–Crippen MR) is 74.0 cm³/mol. The van der Waals surface area contributed by atoms with Gasteiger partial charge in [0, 0.05) is 10.8 Å². The largest absolute Gasteiger partial charge is 0.481 e. The number of hydrogen-bond acceptors (Lipinski definition) is 3. The van der Waals surface area contributed by atoms with Crippen LogP contribution in [0.3, 0.4) is 0 Å². The molecule has 0 aromatic carbocycles. The van der Waals surface area contributed by atoms with Crippen molar-refractivity contribution in [2.75, 3.05) is 0 Å². The van der Waals surface area contributed by atoms with Gasteiger partial charge < -0.3 is 10.4 Å². The van der Waals surface area contributed by atoms with Crippen LogP contribution in [0.15, 0.2) is 17.5 Å². The standard InChI is InChI=1S/C14H19NO3S/c16-13(17)9-11(12-7-4-8-19-12)15-14(18)10-5-2-1-3-6-10/h4,7-8,10-11H,1-3,5-6,9H2,(H,15,18)(H,16,17)/t11-/m1/s1. The molecule has 0 aliphatic heterocycles. The van der Waals surface area contributed by atoms with Crippen molar-refractivity contribution in [1.29, 1.82) is 0 Å². The predicted octanol–water partition coefficient (Wildman–Crippen LogP) is 2.96. The molecule has 1 atom stereocenters. The van der Waals surface area contributed by atoms with Crippen molar-refractivity contribution in [2.24, 2.45) is 5.92 Å². The van der Waals surface area contributed by atoms with Crippen molar-refractivity contribution in [1.82, 2.24) is 5.32 Å². The first kappa shape index (κ1) is 14.1. The molecule has 104 valence electrons. The summed E-state index contributed by atoms with van der Waals surface area (Å²) in [6, 6.07) is 3.35. The molecule has 19 heavy (non-hydrogen) atoms. The number of carbonyl (C=O) groups is 2. The van der Waals surface area contributed by atoms with Gasteiger partial charge in [-0.3, -0.25) is 9.59 Å². The zero-order valence-electron chi connectivity index (χ0n) is 10.8.